The number of aryl methyl sites for hydroxylation is 2. The Kier molecular flexibility index (Phi) is 7.50. The van der Waals surface area contributed by atoms with Gasteiger partial charge < -0.3 is 15.4 Å². The largest absolute Gasteiger partial charge is 0.463 e. The van der Waals surface area contributed by atoms with Crippen molar-refractivity contribution in [2.75, 3.05) is 12.4 Å². The number of amides is 2. The van der Waals surface area contributed by atoms with Gasteiger partial charge in [-0.15, -0.1) is 5.10 Å². The summed E-state index contributed by atoms with van der Waals surface area (Å²) in [6.45, 7) is 5.94. The minimum atomic E-state index is -0.608. The molecule has 0 spiro atoms. The highest BCUT2D eigenvalue weighted by Crippen LogP contribution is 2.33. The lowest BCUT2D eigenvalue weighted by molar-refractivity contribution is -0.139. The Bertz CT molecular complexity index is 1310. The Morgan fingerprint density at radius 2 is 2.00 bits per heavy atom. The summed E-state index contributed by atoms with van der Waals surface area (Å²) in [6, 6.07) is 14.7. The average molecular weight is 513 g/mol. The van der Waals surface area contributed by atoms with Crippen LogP contribution in [0.3, 0.4) is 0 Å². The minimum absolute atomic E-state index is 0.235. The van der Waals surface area contributed by atoms with E-state index in [1.165, 1.54) is 23.1 Å². The Morgan fingerprint density at radius 3 is 2.74 bits per heavy atom. The molecular formula is C24H24N4O3S3. The number of benzene rings is 2. The van der Waals surface area contributed by atoms with Crippen molar-refractivity contribution in [3.05, 3.63) is 80.4 Å². The number of hydrogen-bond donors (Lipinski definition) is 2. The molecule has 1 unspecified atom stereocenters. The molecule has 1 atom stereocenters. The first-order valence-corrected chi connectivity index (χ1v) is 12.9. The fourth-order valence-corrected chi connectivity index (χ4v) is 6.00. The highest BCUT2D eigenvalue weighted by atomic mass is 32.2. The third-order valence-electron chi connectivity index (χ3n) is 5.26. The van der Waals surface area contributed by atoms with Gasteiger partial charge in [-0.05, 0) is 56.2 Å². The molecule has 2 aromatic carbocycles. The van der Waals surface area contributed by atoms with Crippen molar-refractivity contribution in [2.45, 2.75) is 31.2 Å². The molecule has 176 valence electrons. The number of esters is 1. The van der Waals surface area contributed by atoms with Crippen LogP contribution in [-0.2, 0) is 9.53 Å². The number of hydrogen-bond acceptors (Lipinski definition) is 7. The van der Waals surface area contributed by atoms with Crippen molar-refractivity contribution < 1.29 is 14.3 Å². The lowest BCUT2D eigenvalue weighted by atomic mass is 9.91. The van der Waals surface area contributed by atoms with Crippen LogP contribution in [-0.4, -0.2) is 34.1 Å². The molecular weight excluding hydrogens is 488 g/mol. The third-order valence-corrected chi connectivity index (χ3v) is 7.66. The molecule has 7 nitrogen and oxygen atoms in total. The van der Waals surface area contributed by atoms with Gasteiger partial charge in [0.25, 0.3) is 0 Å². The SMILES string of the molecule is CCOC(=O)C1=C(CSc2nn(-c3ccccc3)c(=S)s2)NC(=O)NC1c1cc(C)ccc1C. The Hall–Kier alpha value is -2.95. The summed E-state index contributed by atoms with van der Waals surface area (Å²) >= 11 is 8.29. The Morgan fingerprint density at radius 1 is 1.24 bits per heavy atom. The molecule has 2 amide bonds. The van der Waals surface area contributed by atoms with Gasteiger partial charge >= 0.3 is 12.0 Å². The van der Waals surface area contributed by atoms with Crippen LogP contribution in [0.2, 0.25) is 0 Å². The fourth-order valence-electron chi connectivity index (χ4n) is 3.67. The van der Waals surface area contributed by atoms with Crippen LogP contribution >= 0.6 is 35.3 Å². The van der Waals surface area contributed by atoms with E-state index in [-0.39, 0.29) is 12.6 Å². The first kappa shape index (κ1) is 24.2. The van der Waals surface area contributed by atoms with Crippen molar-refractivity contribution in [2.24, 2.45) is 0 Å². The zero-order valence-electron chi connectivity index (χ0n) is 19.0. The molecule has 3 aromatic rings. The van der Waals surface area contributed by atoms with Crippen LogP contribution in [0.4, 0.5) is 4.79 Å². The van der Waals surface area contributed by atoms with Crippen LogP contribution in [0.1, 0.15) is 29.7 Å². The van der Waals surface area contributed by atoms with Gasteiger partial charge in [-0.25, -0.2) is 14.3 Å². The molecule has 0 bridgehead atoms. The van der Waals surface area contributed by atoms with E-state index in [4.69, 9.17) is 17.0 Å². The summed E-state index contributed by atoms with van der Waals surface area (Å²) in [4.78, 5) is 25.6. The van der Waals surface area contributed by atoms with Gasteiger partial charge in [0, 0.05) is 11.4 Å². The smallest absolute Gasteiger partial charge is 0.338 e. The summed E-state index contributed by atoms with van der Waals surface area (Å²) in [5, 5.41) is 10.3. The quantitative estimate of drug-likeness (QED) is 0.256. The molecule has 2 heterocycles. The second-order valence-corrected chi connectivity index (χ2v) is 10.5. The fraction of sp³-hybridized carbons (Fsp3) is 0.250. The lowest BCUT2D eigenvalue weighted by Gasteiger charge is -2.30. The summed E-state index contributed by atoms with van der Waals surface area (Å²) in [7, 11) is 0. The molecule has 34 heavy (non-hydrogen) atoms. The van der Waals surface area contributed by atoms with Gasteiger partial charge in [0.15, 0.2) is 8.29 Å². The standard InChI is InChI=1S/C24H24N4O3S3/c1-4-31-21(29)19-18(25-22(30)26-20(19)17-12-14(2)10-11-15(17)3)13-33-23-27-28(24(32)34-23)16-8-6-5-7-9-16/h5-12,20H,4,13H2,1-3H3,(H2,25,26,30). The molecule has 1 aromatic heterocycles. The Balaban J connectivity index is 1.68. The van der Waals surface area contributed by atoms with Crippen LogP contribution in [0.5, 0.6) is 0 Å². The highest BCUT2D eigenvalue weighted by molar-refractivity contribution is 8.01. The summed E-state index contributed by atoms with van der Waals surface area (Å²) in [6.07, 6.45) is 0. The second kappa shape index (κ2) is 10.5. The molecule has 0 aliphatic carbocycles. The van der Waals surface area contributed by atoms with E-state index in [2.05, 4.69) is 15.7 Å². The predicted molar refractivity (Wildman–Crippen MR) is 137 cm³/mol. The van der Waals surface area contributed by atoms with E-state index in [1.54, 1.807) is 11.6 Å². The zero-order valence-corrected chi connectivity index (χ0v) is 21.4. The molecule has 0 fully saturated rings. The number of rotatable bonds is 7. The van der Waals surface area contributed by atoms with Gasteiger partial charge in [-0.3, -0.25) is 0 Å². The number of thioether (sulfide) groups is 1. The van der Waals surface area contributed by atoms with Crippen LogP contribution in [0.15, 0.2) is 64.1 Å². The molecule has 1 aliphatic rings. The van der Waals surface area contributed by atoms with Gasteiger partial charge in [0.05, 0.1) is 23.9 Å². The zero-order chi connectivity index (χ0) is 24.2. The van der Waals surface area contributed by atoms with Crippen molar-refractivity contribution in [3.63, 3.8) is 0 Å². The van der Waals surface area contributed by atoms with Gasteiger partial charge in [-0.1, -0.05) is 65.1 Å². The van der Waals surface area contributed by atoms with Gasteiger partial charge in [0.2, 0.25) is 0 Å². The first-order valence-electron chi connectivity index (χ1n) is 10.7. The van der Waals surface area contributed by atoms with E-state index in [0.717, 1.165) is 26.7 Å². The molecule has 2 N–H and O–H groups in total. The summed E-state index contributed by atoms with van der Waals surface area (Å²) < 4.78 is 8.44. The second-order valence-electron chi connectivity index (χ2n) is 7.67. The molecule has 4 rings (SSSR count). The number of carbonyl (C=O) groups is 2. The van der Waals surface area contributed by atoms with Crippen molar-refractivity contribution in [1.82, 2.24) is 20.4 Å². The molecule has 0 radical (unpaired) electrons. The maximum atomic E-state index is 13.0. The number of para-hydroxylation sites is 1. The molecule has 0 saturated carbocycles. The topological polar surface area (TPSA) is 85.2 Å². The van der Waals surface area contributed by atoms with Crippen LogP contribution < -0.4 is 10.6 Å². The predicted octanol–water partition coefficient (Wildman–Crippen LogP) is 5.24. The number of nitrogens with zero attached hydrogens (tertiary/aromatic N) is 2. The number of urea groups is 1. The maximum Gasteiger partial charge on any atom is 0.338 e. The van der Waals surface area contributed by atoms with Crippen molar-refractivity contribution in [1.29, 1.82) is 0 Å². The van der Waals surface area contributed by atoms with E-state index < -0.39 is 12.0 Å². The van der Waals surface area contributed by atoms with Crippen molar-refractivity contribution >= 4 is 47.3 Å². The maximum absolute atomic E-state index is 13.0. The van der Waals surface area contributed by atoms with Gasteiger partial charge in [0.1, 0.15) is 0 Å². The number of nitrogens with one attached hydrogen (secondary N) is 2. The number of carbonyl (C=O) groups excluding carboxylic acids is 2. The Labute approximate surface area is 211 Å². The lowest BCUT2D eigenvalue weighted by Crippen LogP contribution is -2.46. The van der Waals surface area contributed by atoms with Crippen LogP contribution in [0.25, 0.3) is 5.69 Å². The third kappa shape index (κ3) is 5.24. The van der Waals surface area contributed by atoms with E-state index in [1.807, 2.05) is 62.4 Å². The average Bonchev–Trinajstić information content (AvgIpc) is 3.20. The van der Waals surface area contributed by atoms with Gasteiger partial charge in [-0.2, -0.15) is 0 Å². The van der Waals surface area contributed by atoms with E-state index in [9.17, 15) is 9.59 Å². The normalized spacial score (nSPS) is 15.6. The minimum Gasteiger partial charge on any atom is -0.463 e. The first-order chi connectivity index (χ1) is 16.4. The van der Waals surface area contributed by atoms with E-state index in [0.29, 0.717) is 21.0 Å². The summed E-state index contributed by atoms with van der Waals surface area (Å²) in [5.41, 5.74) is 4.67. The number of ether oxygens (including phenoxy) is 1. The highest BCUT2D eigenvalue weighted by Gasteiger charge is 2.34. The molecule has 10 heteroatoms. The monoisotopic (exact) mass is 512 g/mol. The summed E-state index contributed by atoms with van der Waals surface area (Å²) in [5.74, 6) is -0.126. The van der Waals surface area contributed by atoms with Crippen LogP contribution in [0, 0.1) is 17.8 Å². The number of aromatic nitrogens is 2. The molecule has 0 saturated heterocycles. The molecule has 1 aliphatic heterocycles. The van der Waals surface area contributed by atoms with E-state index >= 15 is 0 Å². The van der Waals surface area contributed by atoms with Crippen molar-refractivity contribution in [3.8, 4) is 5.69 Å².